The van der Waals surface area contributed by atoms with E-state index in [2.05, 4.69) is 9.82 Å². The fraction of sp³-hybridized carbons (Fsp3) is 0.400. The first-order valence-corrected chi connectivity index (χ1v) is 8.50. The summed E-state index contributed by atoms with van der Waals surface area (Å²) in [4.78, 5) is 0.217. The van der Waals surface area contributed by atoms with Crippen LogP contribution >= 0.6 is 0 Å². The molecule has 0 aliphatic carbocycles. The van der Waals surface area contributed by atoms with Crippen molar-refractivity contribution in [3.8, 4) is 5.75 Å². The first kappa shape index (κ1) is 16.5. The Morgan fingerprint density at radius 1 is 1.27 bits per heavy atom. The van der Waals surface area contributed by atoms with Crippen LogP contribution in [0.4, 0.5) is 0 Å². The zero-order chi connectivity index (χ0) is 16.3. The highest BCUT2D eigenvalue weighted by molar-refractivity contribution is 7.89. The van der Waals surface area contributed by atoms with Gasteiger partial charge in [0.2, 0.25) is 10.0 Å². The Hall–Kier alpha value is -1.86. The van der Waals surface area contributed by atoms with Crippen molar-refractivity contribution in [3.05, 3.63) is 41.7 Å². The van der Waals surface area contributed by atoms with Crippen molar-refractivity contribution < 1.29 is 13.2 Å². The summed E-state index contributed by atoms with van der Waals surface area (Å²) in [5.74, 6) is 0.737. The van der Waals surface area contributed by atoms with Crippen LogP contribution in [-0.4, -0.2) is 25.3 Å². The fourth-order valence-electron chi connectivity index (χ4n) is 1.99. The summed E-state index contributed by atoms with van der Waals surface area (Å²) in [6, 6.07) is 7.36. The van der Waals surface area contributed by atoms with Gasteiger partial charge in [-0.25, -0.2) is 13.1 Å². The molecule has 7 heteroatoms. The zero-order valence-corrected chi connectivity index (χ0v) is 14.0. The monoisotopic (exact) mass is 323 g/mol. The molecule has 2 aromatic rings. The van der Waals surface area contributed by atoms with Crippen LogP contribution in [-0.2, 0) is 16.6 Å². The van der Waals surface area contributed by atoms with Gasteiger partial charge in [-0.2, -0.15) is 5.10 Å². The number of hydrogen-bond donors (Lipinski definition) is 1. The molecule has 6 nitrogen and oxygen atoms in total. The van der Waals surface area contributed by atoms with E-state index in [0.717, 1.165) is 11.3 Å². The van der Waals surface area contributed by atoms with Crippen LogP contribution in [0.3, 0.4) is 0 Å². The Balaban J connectivity index is 2.13. The smallest absolute Gasteiger partial charge is 0.244 e. The molecule has 0 aliphatic rings. The number of methoxy groups -OCH3 is 1. The third-order valence-corrected chi connectivity index (χ3v) is 4.82. The fourth-order valence-corrected chi connectivity index (χ4v) is 3.18. The number of aryl methyl sites for hydroxylation is 1. The molecule has 2 rings (SSSR count). The van der Waals surface area contributed by atoms with Crippen LogP contribution in [0.25, 0.3) is 0 Å². The minimum atomic E-state index is -3.58. The molecule has 1 aromatic carbocycles. The van der Waals surface area contributed by atoms with Gasteiger partial charge in [0.25, 0.3) is 0 Å². The molecule has 0 atom stereocenters. The maximum atomic E-state index is 12.4. The van der Waals surface area contributed by atoms with Gasteiger partial charge in [-0.15, -0.1) is 0 Å². The molecule has 1 heterocycles. The topological polar surface area (TPSA) is 73.2 Å². The van der Waals surface area contributed by atoms with Gasteiger partial charge in [-0.3, -0.25) is 4.68 Å². The van der Waals surface area contributed by atoms with Crippen molar-refractivity contribution >= 4 is 10.0 Å². The number of rotatable bonds is 6. The average molecular weight is 323 g/mol. The predicted octanol–water partition coefficient (Wildman–Crippen LogP) is 2.26. The van der Waals surface area contributed by atoms with Gasteiger partial charge >= 0.3 is 0 Å². The first-order valence-electron chi connectivity index (χ1n) is 7.02. The van der Waals surface area contributed by atoms with Crippen LogP contribution in [0.1, 0.15) is 31.1 Å². The largest absolute Gasteiger partial charge is 0.497 e. The van der Waals surface area contributed by atoms with Crippen molar-refractivity contribution in [1.29, 1.82) is 0 Å². The third-order valence-electron chi connectivity index (χ3n) is 3.32. The summed E-state index contributed by atoms with van der Waals surface area (Å²) < 4.78 is 34.1. The Morgan fingerprint density at radius 2 is 1.91 bits per heavy atom. The maximum absolute atomic E-state index is 12.4. The molecule has 0 unspecified atom stereocenters. The lowest BCUT2D eigenvalue weighted by Gasteiger charge is -2.07. The van der Waals surface area contributed by atoms with Crippen LogP contribution < -0.4 is 9.46 Å². The summed E-state index contributed by atoms with van der Waals surface area (Å²) in [5, 5.41) is 4.24. The summed E-state index contributed by atoms with van der Waals surface area (Å²) in [7, 11) is -1.99. The zero-order valence-electron chi connectivity index (χ0n) is 13.2. The lowest BCUT2D eigenvalue weighted by Crippen LogP contribution is -2.23. The van der Waals surface area contributed by atoms with Gasteiger partial charge in [0, 0.05) is 18.8 Å². The lowest BCUT2D eigenvalue weighted by molar-refractivity contribution is 0.414. The highest BCUT2D eigenvalue weighted by Gasteiger charge is 2.20. The number of nitrogens with one attached hydrogen (secondary N) is 1. The van der Waals surface area contributed by atoms with Gasteiger partial charge in [-0.05, 0) is 38.5 Å². The van der Waals surface area contributed by atoms with E-state index in [1.54, 1.807) is 37.0 Å². The second-order valence-electron chi connectivity index (χ2n) is 5.33. The second kappa shape index (κ2) is 6.50. The third kappa shape index (κ3) is 3.66. The highest BCUT2D eigenvalue weighted by atomic mass is 32.2. The Morgan fingerprint density at radius 3 is 2.41 bits per heavy atom. The van der Waals surface area contributed by atoms with E-state index in [1.807, 2.05) is 26.0 Å². The van der Waals surface area contributed by atoms with Crippen LogP contribution in [0.15, 0.2) is 35.4 Å². The average Bonchev–Trinajstić information content (AvgIpc) is 2.89. The van der Waals surface area contributed by atoms with Gasteiger partial charge in [-0.1, -0.05) is 12.1 Å². The van der Waals surface area contributed by atoms with Crippen LogP contribution in [0.5, 0.6) is 5.75 Å². The van der Waals surface area contributed by atoms with Gasteiger partial charge < -0.3 is 4.74 Å². The van der Waals surface area contributed by atoms with E-state index >= 15 is 0 Å². The molecule has 0 saturated heterocycles. The second-order valence-corrected chi connectivity index (χ2v) is 7.06. The molecule has 1 aromatic heterocycles. The molecule has 0 bridgehead atoms. The number of aromatic nitrogens is 2. The summed E-state index contributed by atoms with van der Waals surface area (Å²) in [5.41, 5.74) is 1.36. The molecular weight excluding hydrogens is 302 g/mol. The van der Waals surface area contributed by atoms with Crippen molar-refractivity contribution in [1.82, 2.24) is 14.5 Å². The number of ether oxygens (including phenoxy) is 1. The SMILES string of the molecule is COc1ccc(CNS(=O)(=O)c2cn(C(C)C)nc2C)cc1. The standard InChI is InChI=1S/C15H21N3O3S/c1-11(2)18-10-15(12(3)17-18)22(19,20)16-9-13-5-7-14(21-4)8-6-13/h5-8,10-11,16H,9H2,1-4H3. The van der Waals surface area contributed by atoms with Crippen LogP contribution in [0, 0.1) is 6.92 Å². The molecular formula is C15H21N3O3S. The van der Waals surface area contributed by atoms with Crippen molar-refractivity contribution in [2.24, 2.45) is 0 Å². The van der Waals surface area contributed by atoms with E-state index in [1.165, 1.54) is 0 Å². The number of nitrogens with zero attached hydrogens (tertiary/aromatic N) is 2. The lowest BCUT2D eigenvalue weighted by atomic mass is 10.2. The minimum absolute atomic E-state index is 0.115. The predicted molar refractivity (Wildman–Crippen MR) is 84.4 cm³/mol. The van der Waals surface area contributed by atoms with Gasteiger partial charge in [0.15, 0.2) is 0 Å². The molecule has 0 fully saturated rings. The molecule has 0 saturated carbocycles. The molecule has 0 aliphatic heterocycles. The van der Waals surface area contributed by atoms with Gasteiger partial charge in [0.1, 0.15) is 10.6 Å². The Bertz CT molecular complexity index is 734. The van der Waals surface area contributed by atoms with E-state index in [9.17, 15) is 8.42 Å². The Kier molecular flexibility index (Phi) is 4.87. The number of hydrogen-bond acceptors (Lipinski definition) is 4. The molecule has 0 radical (unpaired) electrons. The molecule has 120 valence electrons. The van der Waals surface area contributed by atoms with E-state index in [4.69, 9.17) is 4.74 Å². The van der Waals surface area contributed by atoms with Crippen molar-refractivity contribution in [2.75, 3.05) is 7.11 Å². The summed E-state index contributed by atoms with van der Waals surface area (Å²) >= 11 is 0. The normalized spacial score (nSPS) is 11.9. The Labute approximate surface area is 131 Å². The summed E-state index contributed by atoms with van der Waals surface area (Å²) in [6.07, 6.45) is 1.57. The number of sulfonamides is 1. The van der Waals surface area contributed by atoms with E-state index in [-0.39, 0.29) is 17.5 Å². The maximum Gasteiger partial charge on any atom is 0.244 e. The van der Waals surface area contributed by atoms with Crippen molar-refractivity contribution in [2.45, 2.75) is 38.3 Å². The quantitative estimate of drug-likeness (QED) is 0.885. The molecule has 0 spiro atoms. The molecule has 22 heavy (non-hydrogen) atoms. The highest BCUT2D eigenvalue weighted by Crippen LogP contribution is 2.17. The van der Waals surface area contributed by atoms with Crippen LogP contribution in [0.2, 0.25) is 0 Å². The number of benzene rings is 1. The van der Waals surface area contributed by atoms with E-state index in [0.29, 0.717) is 5.69 Å². The van der Waals surface area contributed by atoms with Gasteiger partial charge in [0.05, 0.1) is 12.8 Å². The first-order chi connectivity index (χ1) is 10.3. The molecule has 1 N–H and O–H groups in total. The van der Waals surface area contributed by atoms with Crippen molar-refractivity contribution in [3.63, 3.8) is 0 Å². The van der Waals surface area contributed by atoms with E-state index < -0.39 is 10.0 Å². The minimum Gasteiger partial charge on any atom is -0.497 e. The molecule has 0 amide bonds. The summed E-state index contributed by atoms with van der Waals surface area (Å²) in [6.45, 7) is 5.82.